The smallest absolute Gasteiger partial charge is 0.184 e. The van der Waals surface area contributed by atoms with Crippen LogP contribution in [-0.2, 0) is 12.4 Å². The molecule has 6 heteroatoms. The molecule has 0 unspecified atom stereocenters. The first-order valence-corrected chi connectivity index (χ1v) is 6.94. The molecule has 2 aromatic heterocycles. The minimum absolute atomic E-state index is 0.125. The summed E-state index contributed by atoms with van der Waals surface area (Å²) < 4.78 is 29.2. The summed E-state index contributed by atoms with van der Waals surface area (Å²) in [5.41, 5.74) is 2.47. The Morgan fingerprint density at radius 3 is 2.76 bits per heavy atom. The molecule has 3 rings (SSSR count). The highest BCUT2D eigenvalue weighted by Gasteiger charge is 2.17. The van der Waals surface area contributed by atoms with Crippen molar-refractivity contribution in [2.45, 2.75) is 19.3 Å². The highest BCUT2D eigenvalue weighted by molar-refractivity contribution is 6.16. The maximum absolute atomic E-state index is 14.1. The van der Waals surface area contributed by atoms with Crippen molar-refractivity contribution in [1.82, 2.24) is 14.5 Å². The number of imidazole rings is 1. The highest BCUT2D eigenvalue weighted by atomic mass is 35.5. The van der Waals surface area contributed by atoms with E-state index in [2.05, 4.69) is 9.97 Å². The van der Waals surface area contributed by atoms with Crippen LogP contribution in [0.15, 0.2) is 30.6 Å². The molecule has 0 saturated carbocycles. The number of aryl methyl sites for hydroxylation is 1. The molecular weight excluding hydrogens is 296 g/mol. The quantitative estimate of drug-likeness (QED) is 0.689. The Kier molecular flexibility index (Phi) is 3.59. The van der Waals surface area contributed by atoms with Crippen molar-refractivity contribution in [3.8, 4) is 0 Å². The van der Waals surface area contributed by atoms with Crippen molar-refractivity contribution in [2.75, 3.05) is 0 Å². The number of pyridine rings is 1. The summed E-state index contributed by atoms with van der Waals surface area (Å²) in [6, 6.07) is 4.38. The fourth-order valence-corrected chi connectivity index (χ4v) is 2.53. The van der Waals surface area contributed by atoms with Gasteiger partial charge in [0.1, 0.15) is 11.3 Å². The molecule has 3 aromatic rings. The summed E-state index contributed by atoms with van der Waals surface area (Å²) in [5, 5.41) is 0. The van der Waals surface area contributed by atoms with Gasteiger partial charge in [-0.1, -0.05) is 0 Å². The molecule has 0 radical (unpaired) electrons. The SMILES string of the molecule is Cc1cnccc1Cn1c(CCl)nc2ccc(F)c(F)c21. The monoisotopic (exact) mass is 307 g/mol. The van der Waals surface area contributed by atoms with E-state index in [0.717, 1.165) is 17.2 Å². The van der Waals surface area contributed by atoms with Gasteiger partial charge in [0, 0.05) is 18.9 Å². The van der Waals surface area contributed by atoms with Gasteiger partial charge in [-0.05, 0) is 36.2 Å². The molecule has 0 saturated heterocycles. The zero-order valence-corrected chi connectivity index (χ0v) is 12.0. The van der Waals surface area contributed by atoms with Crippen molar-refractivity contribution in [2.24, 2.45) is 0 Å². The van der Waals surface area contributed by atoms with Crippen molar-refractivity contribution in [3.63, 3.8) is 0 Å². The van der Waals surface area contributed by atoms with E-state index in [1.165, 1.54) is 6.07 Å². The van der Waals surface area contributed by atoms with Crippen LogP contribution < -0.4 is 0 Å². The van der Waals surface area contributed by atoms with Crippen LogP contribution >= 0.6 is 11.6 Å². The first kappa shape index (κ1) is 13.9. The summed E-state index contributed by atoms with van der Waals surface area (Å²) in [7, 11) is 0. The van der Waals surface area contributed by atoms with Gasteiger partial charge in [0.05, 0.1) is 11.4 Å². The van der Waals surface area contributed by atoms with Gasteiger partial charge in [0.25, 0.3) is 0 Å². The number of fused-ring (bicyclic) bond motifs is 1. The number of nitrogens with zero attached hydrogens (tertiary/aromatic N) is 3. The summed E-state index contributed by atoms with van der Waals surface area (Å²) in [6.07, 6.45) is 3.39. The summed E-state index contributed by atoms with van der Waals surface area (Å²) in [6.45, 7) is 2.28. The second kappa shape index (κ2) is 5.41. The van der Waals surface area contributed by atoms with Crippen molar-refractivity contribution in [3.05, 3.63) is 59.2 Å². The Balaban J connectivity index is 2.21. The maximum Gasteiger partial charge on any atom is 0.184 e. The number of rotatable bonds is 3. The van der Waals surface area contributed by atoms with Gasteiger partial charge in [-0.2, -0.15) is 0 Å². The lowest BCUT2D eigenvalue weighted by Crippen LogP contribution is -2.06. The van der Waals surface area contributed by atoms with Crippen LogP contribution in [0.5, 0.6) is 0 Å². The Labute approximate surface area is 125 Å². The van der Waals surface area contributed by atoms with Crippen LogP contribution in [0.2, 0.25) is 0 Å². The molecule has 0 N–H and O–H groups in total. The first-order chi connectivity index (χ1) is 10.1. The van der Waals surface area contributed by atoms with Gasteiger partial charge in [0.2, 0.25) is 0 Å². The van der Waals surface area contributed by atoms with Gasteiger partial charge in [-0.25, -0.2) is 13.8 Å². The normalized spacial score (nSPS) is 11.2. The minimum Gasteiger partial charge on any atom is -0.320 e. The van der Waals surface area contributed by atoms with Gasteiger partial charge in [-0.15, -0.1) is 11.6 Å². The number of halogens is 3. The average molecular weight is 308 g/mol. The van der Waals surface area contributed by atoms with E-state index < -0.39 is 11.6 Å². The van der Waals surface area contributed by atoms with Gasteiger partial charge in [-0.3, -0.25) is 4.98 Å². The topological polar surface area (TPSA) is 30.7 Å². The van der Waals surface area contributed by atoms with E-state index in [0.29, 0.717) is 17.9 Å². The first-order valence-electron chi connectivity index (χ1n) is 6.40. The van der Waals surface area contributed by atoms with Gasteiger partial charge < -0.3 is 4.57 Å². The molecule has 0 aliphatic heterocycles. The van der Waals surface area contributed by atoms with Crippen LogP contribution in [0.3, 0.4) is 0 Å². The third kappa shape index (κ3) is 2.38. The van der Waals surface area contributed by atoms with Crippen molar-refractivity contribution >= 4 is 22.6 Å². The second-order valence-electron chi connectivity index (χ2n) is 4.78. The fourth-order valence-electron chi connectivity index (χ4n) is 2.33. The fraction of sp³-hybridized carbons (Fsp3) is 0.200. The van der Waals surface area contributed by atoms with Crippen molar-refractivity contribution < 1.29 is 8.78 Å². The lowest BCUT2D eigenvalue weighted by molar-refractivity contribution is 0.512. The third-order valence-electron chi connectivity index (χ3n) is 3.46. The van der Waals surface area contributed by atoms with E-state index in [9.17, 15) is 8.78 Å². The molecule has 1 aromatic carbocycles. The maximum atomic E-state index is 14.1. The third-order valence-corrected chi connectivity index (χ3v) is 3.70. The van der Waals surface area contributed by atoms with Crippen LogP contribution in [0.4, 0.5) is 8.78 Å². The van der Waals surface area contributed by atoms with E-state index in [-0.39, 0.29) is 11.4 Å². The molecule has 0 amide bonds. The molecule has 0 bridgehead atoms. The van der Waals surface area contributed by atoms with Crippen LogP contribution in [0, 0.1) is 18.6 Å². The van der Waals surface area contributed by atoms with Crippen LogP contribution in [-0.4, -0.2) is 14.5 Å². The lowest BCUT2D eigenvalue weighted by atomic mass is 10.1. The summed E-state index contributed by atoms with van der Waals surface area (Å²) >= 11 is 5.89. The van der Waals surface area contributed by atoms with Crippen molar-refractivity contribution in [1.29, 1.82) is 0 Å². The minimum atomic E-state index is -0.900. The second-order valence-corrected chi connectivity index (χ2v) is 5.05. The molecular formula is C15H12ClF2N3. The van der Waals surface area contributed by atoms with E-state index in [4.69, 9.17) is 11.6 Å². The molecule has 21 heavy (non-hydrogen) atoms. The number of alkyl halides is 1. The molecule has 3 nitrogen and oxygen atoms in total. The highest BCUT2D eigenvalue weighted by Crippen LogP contribution is 2.24. The predicted octanol–water partition coefficient (Wildman–Crippen LogP) is 3.81. The Hall–Kier alpha value is -2.01. The van der Waals surface area contributed by atoms with E-state index in [1.54, 1.807) is 17.0 Å². The zero-order chi connectivity index (χ0) is 15.0. The van der Waals surface area contributed by atoms with Crippen LogP contribution in [0.1, 0.15) is 17.0 Å². The number of hydrogen-bond acceptors (Lipinski definition) is 2. The summed E-state index contributed by atoms with van der Waals surface area (Å²) in [4.78, 5) is 8.29. The average Bonchev–Trinajstić information content (AvgIpc) is 2.84. The lowest BCUT2D eigenvalue weighted by Gasteiger charge is -2.10. The number of benzene rings is 1. The Morgan fingerprint density at radius 1 is 1.24 bits per heavy atom. The van der Waals surface area contributed by atoms with E-state index in [1.807, 2.05) is 13.0 Å². The standard InChI is InChI=1S/C15H12ClF2N3/c1-9-7-19-5-4-10(9)8-21-13(6-16)20-12-3-2-11(17)14(18)15(12)21/h2-5,7H,6,8H2,1H3. The molecule has 2 heterocycles. The summed E-state index contributed by atoms with van der Waals surface area (Å²) in [5.74, 6) is -1.16. The Bertz CT molecular complexity index is 814. The van der Waals surface area contributed by atoms with E-state index >= 15 is 0 Å². The molecule has 0 aliphatic rings. The molecule has 0 atom stereocenters. The van der Waals surface area contributed by atoms with Gasteiger partial charge in [0.15, 0.2) is 11.6 Å². The largest absolute Gasteiger partial charge is 0.320 e. The Morgan fingerprint density at radius 2 is 2.05 bits per heavy atom. The number of hydrogen-bond donors (Lipinski definition) is 0. The molecule has 0 spiro atoms. The van der Waals surface area contributed by atoms with Crippen LogP contribution in [0.25, 0.3) is 11.0 Å². The zero-order valence-electron chi connectivity index (χ0n) is 11.3. The predicted molar refractivity (Wildman–Crippen MR) is 77.3 cm³/mol. The van der Waals surface area contributed by atoms with Gasteiger partial charge >= 0.3 is 0 Å². The number of aromatic nitrogens is 3. The molecule has 0 fully saturated rings. The molecule has 108 valence electrons. The molecule has 0 aliphatic carbocycles.